The number of nitrogens with zero attached hydrogens (tertiary/aromatic N) is 1. The Labute approximate surface area is 161 Å². The zero-order valence-electron chi connectivity index (χ0n) is 13.2. The van der Waals surface area contributed by atoms with Crippen molar-refractivity contribution in [1.82, 2.24) is 10.3 Å². The largest absolute Gasteiger partial charge is 0.350 e. The molecular weight excluding hydrogens is 391 g/mol. The molecule has 0 saturated carbocycles. The van der Waals surface area contributed by atoms with Crippen LogP contribution in [0.5, 0.6) is 0 Å². The summed E-state index contributed by atoms with van der Waals surface area (Å²) in [6.45, 7) is 4.08. The Morgan fingerprint density at radius 1 is 1.29 bits per heavy atom. The third-order valence-corrected chi connectivity index (χ3v) is 4.52. The van der Waals surface area contributed by atoms with Gasteiger partial charge in [0, 0.05) is 17.5 Å². The molecule has 0 unspecified atom stereocenters. The van der Waals surface area contributed by atoms with Crippen LogP contribution in [0.4, 0.5) is 5.13 Å². The lowest BCUT2D eigenvalue weighted by Gasteiger charge is -2.23. The maximum absolute atomic E-state index is 11.9. The van der Waals surface area contributed by atoms with Crippen molar-refractivity contribution in [1.29, 1.82) is 0 Å². The van der Waals surface area contributed by atoms with E-state index >= 15 is 0 Å². The number of rotatable bonds is 6. The first-order chi connectivity index (χ1) is 10.4. The molecule has 2 rings (SSSR count). The lowest BCUT2D eigenvalue weighted by molar-refractivity contribution is -0.121. The average Bonchev–Trinajstić information content (AvgIpc) is 3.09. The molecule has 24 heavy (non-hydrogen) atoms. The fourth-order valence-corrected chi connectivity index (χ4v) is 2.97. The molecule has 0 aliphatic rings. The van der Waals surface area contributed by atoms with Crippen LogP contribution in [-0.4, -0.2) is 28.9 Å². The van der Waals surface area contributed by atoms with Crippen molar-refractivity contribution in [3.05, 3.63) is 33.5 Å². The van der Waals surface area contributed by atoms with Crippen LogP contribution in [0, 0.1) is 0 Å². The molecule has 0 bridgehead atoms. The number of carbonyl (C=O) groups is 2. The van der Waals surface area contributed by atoms with Crippen LogP contribution in [0.15, 0.2) is 22.9 Å². The minimum Gasteiger partial charge on any atom is -0.350 e. The molecule has 10 heteroatoms. The maximum atomic E-state index is 11.9. The maximum Gasteiger partial charge on any atom is 0.267 e. The van der Waals surface area contributed by atoms with Gasteiger partial charge in [-0.1, -0.05) is 6.07 Å². The highest BCUT2D eigenvalue weighted by molar-refractivity contribution is 7.14. The molecule has 0 saturated heterocycles. The summed E-state index contributed by atoms with van der Waals surface area (Å²) in [5.74, 6) is -0.332. The fraction of sp³-hybridized carbons (Fsp3) is 0.357. The van der Waals surface area contributed by atoms with Crippen LogP contribution in [-0.2, 0) is 11.2 Å². The van der Waals surface area contributed by atoms with E-state index in [1.165, 1.54) is 22.7 Å². The fourth-order valence-electron chi connectivity index (χ4n) is 1.65. The Balaban J connectivity index is 0.00000264. The molecule has 0 fully saturated rings. The summed E-state index contributed by atoms with van der Waals surface area (Å²) in [6.07, 6.45) is 0.162. The van der Waals surface area contributed by atoms with Gasteiger partial charge >= 0.3 is 0 Å². The Morgan fingerprint density at radius 2 is 2.00 bits per heavy atom. The van der Waals surface area contributed by atoms with Gasteiger partial charge in [-0.2, -0.15) is 0 Å². The second kappa shape index (κ2) is 9.95. The molecular formula is C14H20Cl2N4O2S2. The number of hydrogen-bond donors (Lipinski definition) is 3. The standard InChI is InChI=1S/C14H18N4O2S2.2ClH/c1-14(2,8-15)18-11(19)6-9-7-22-13(16-9)17-12(20)10-4-3-5-21-10;;/h3-5,7H,6,8,15H2,1-2H3,(H,18,19)(H,16,17,20);2*1H. The number of halogens is 2. The van der Waals surface area contributed by atoms with Crippen LogP contribution in [0.25, 0.3) is 0 Å². The first-order valence-corrected chi connectivity index (χ1v) is 8.46. The van der Waals surface area contributed by atoms with Crippen molar-refractivity contribution in [2.24, 2.45) is 5.73 Å². The monoisotopic (exact) mass is 410 g/mol. The topological polar surface area (TPSA) is 97.1 Å². The van der Waals surface area contributed by atoms with Gasteiger partial charge in [-0.3, -0.25) is 14.9 Å². The summed E-state index contributed by atoms with van der Waals surface area (Å²) in [6, 6.07) is 3.56. The van der Waals surface area contributed by atoms with Crippen molar-refractivity contribution in [2.75, 3.05) is 11.9 Å². The van der Waals surface area contributed by atoms with E-state index in [4.69, 9.17) is 5.73 Å². The van der Waals surface area contributed by atoms with Crippen LogP contribution in [0.1, 0.15) is 29.2 Å². The Hall–Kier alpha value is -1.19. The van der Waals surface area contributed by atoms with Gasteiger partial charge in [0.15, 0.2) is 5.13 Å². The number of nitrogens with one attached hydrogen (secondary N) is 2. The molecule has 0 spiro atoms. The van der Waals surface area contributed by atoms with Crippen molar-refractivity contribution < 1.29 is 9.59 Å². The summed E-state index contributed by atoms with van der Waals surface area (Å²) in [5.41, 5.74) is 5.76. The smallest absolute Gasteiger partial charge is 0.267 e. The van der Waals surface area contributed by atoms with E-state index in [0.29, 0.717) is 22.2 Å². The van der Waals surface area contributed by atoms with Crippen molar-refractivity contribution in [3.8, 4) is 0 Å². The molecule has 0 aliphatic heterocycles. The Kier molecular flexibility index (Phi) is 9.46. The SMILES string of the molecule is CC(C)(CN)NC(=O)Cc1csc(NC(=O)c2cccs2)n1.Cl.Cl. The van der Waals surface area contributed by atoms with E-state index in [0.717, 1.165) is 0 Å². The highest BCUT2D eigenvalue weighted by atomic mass is 35.5. The number of thiophene rings is 1. The molecule has 0 radical (unpaired) electrons. The van der Waals surface area contributed by atoms with Gasteiger partial charge in [0.25, 0.3) is 5.91 Å². The first kappa shape index (κ1) is 22.8. The van der Waals surface area contributed by atoms with E-state index < -0.39 is 5.54 Å². The minimum absolute atomic E-state index is 0. The van der Waals surface area contributed by atoms with Gasteiger partial charge in [0.1, 0.15) is 0 Å². The van der Waals surface area contributed by atoms with Crippen LogP contribution in [0.2, 0.25) is 0 Å². The second-order valence-electron chi connectivity index (χ2n) is 5.39. The van der Waals surface area contributed by atoms with E-state index in [-0.39, 0.29) is 43.0 Å². The van der Waals surface area contributed by atoms with Gasteiger partial charge in [-0.05, 0) is 25.3 Å². The summed E-state index contributed by atoms with van der Waals surface area (Å²) in [4.78, 5) is 28.7. The molecule has 0 atom stereocenters. The van der Waals surface area contributed by atoms with E-state index in [2.05, 4.69) is 15.6 Å². The number of amides is 2. The average molecular weight is 411 g/mol. The lowest BCUT2D eigenvalue weighted by atomic mass is 10.1. The molecule has 2 heterocycles. The van der Waals surface area contributed by atoms with Gasteiger partial charge in [-0.15, -0.1) is 47.5 Å². The van der Waals surface area contributed by atoms with Gasteiger partial charge in [0.05, 0.1) is 17.0 Å². The molecule has 6 nitrogen and oxygen atoms in total. The first-order valence-electron chi connectivity index (χ1n) is 6.70. The highest BCUT2D eigenvalue weighted by Crippen LogP contribution is 2.18. The quantitative estimate of drug-likeness (QED) is 0.681. The predicted octanol–water partition coefficient (Wildman–Crippen LogP) is 2.70. The zero-order chi connectivity index (χ0) is 16.2. The van der Waals surface area contributed by atoms with Crippen LogP contribution in [0.3, 0.4) is 0 Å². The van der Waals surface area contributed by atoms with Crippen molar-refractivity contribution in [2.45, 2.75) is 25.8 Å². The third kappa shape index (κ3) is 6.74. The van der Waals surface area contributed by atoms with E-state index in [9.17, 15) is 9.59 Å². The van der Waals surface area contributed by atoms with E-state index in [1.54, 1.807) is 11.4 Å². The molecule has 2 aromatic rings. The van der Waals surface area contributed by atoms with Gasteiger partial charge < -0.3 is 11.1 Å². The normalized spacial score (nSPS) is 10.3. The molecule has 0 aromatic carbocycles. The summed E-state index contributed by atoms with van der Waals surface area (Å²) >= 11 is 2.66. The number of carbonyl (C=O) groups excluding carboxylic acids is 2. The second-order valence-corrected chi connectivity index (χ2v) is 7.19. The third-order valence-electron chi connectivity index (χ3n) is 2.85. The van der Waals surface area contributed by atoms with E-state index in [1.807, 2.05) is 25.3 Å². The summed E-state index contributed by atoms with van der Waals surface area (Å²) in [7, 11) is 0. The number of nitrogens with two attached hydrogens (primary N) is 1. The Morgan fingerprint density at radius 3 is 2.58 bits per heavy atom. The molecule has 0 aliphatic carbocycles. The van der Waals surface area contributed by atoms with Crippen LogP contribution < -0.4 is 16.4 Å². The molecule has 134 valence electrons. The number of thiazole rings is 1. The minimum atomic E-state index is -0.441. The summed E-state index contributed by atoms with van der Waals surface area (Å²) < 4.78 is 0. The molecule has 4 N–H and O–H groups in total. The molecule has 2 aromatic heterocycles. The number of anilines is 1. The number of aromatic nitrogens is 1. The van der Waals surface area contributed by atoms with Crippen molar-refractivity contribution in [3.63, 3.8) is 0 Å². The number of hydrogen-bond acceptors (Lipinski definition) is 6. The van der Waals surface area contributed by atoms with Crippen LogP contribution >= 0.6 is 47.5 Å². The van der Waals surface area contributed by atoms with Gasteiger partial charge in [-0.25, -0.2) is 4.98 Å². The lowest BCUT2D eigenvalue weighted by Crippen LogP contribution is -2.49. The van der Waals surface area contributed by atoms with Crippen molar-refractivity contribution >= 4 is 64.4 Å². The highest BCUT2D eigenvalue weighted by Gasteiger charge is 2.19. The Bertz CT molecular complexity index is 660. The van der Waals surface area contributed by atoms with Gasteiger partial charge in [0.2, 0.25) is 5.91 Å². The summed E-state index contributed by atoms with van der Waals surface area (Å²) in [5, 5.41) is 9.65. The molecule has 2 amide bonds. The zero-order valence-corrected chi connectivity index (χ0v) is 16.5. The predicted molar refractivity (Wildman–Crippen MR) is 104 cm³/mol.